The van der Waals surface area contributed by atoms with Gasteiger partial charge in [-0.1, -0.05) is 31.9 Å². The van der Waals surface area contributed by atoms with E-state index in [2.05, 4.69) is 31.8 Å². The lowest BCUT2D eigenvalue weighted by Crippen LogP contribution is -2.07. The average Bonchev–Trinajstić information content (AvgIpc) is 3.32. The number of methoxy groups -OCH3 is 1. The van der Waals surface area contributed by atoms with Crippen molar-refractivity contribution in [3.8, 4) is 34.5 Å². The number of pyridine rings is 1. The van der Waals surface area contributed by atoms with Crippen LogP contribution in [0.2, 0.25) is 0 Å². The van der Waals surface area contributed by atoms with Crippen molar-refractivity contribution in [1.82, 2.24) is 14.6 Å². The lowest BCUT2D eigenvalue weighted by molar-refractivity contribution is -0.140. The molecule has 0 aliphatic heterocycles. The second-order valence-corrected chi connectivity index (χ2v) is 9.69. The smallest absolute Gasteiger partial charge is 0.307 e. The number of carbonyl (C=O) groups is 1. The molecule has 4 aromatic rings. The lowest BCUT2D eigenvalue weighted by Gasteiger charge is -2.14. The van der Waals surface area contributed by atoms with Gasteiger partial charge in [-0.05, 0) is 73.4 Å². The number of hydrogen-bond acceptors (Lipinski definition) is 6. The summed E-state index contributed by atoms with van der Waals surface area (Å²) in [5.74, 6) is 7.35. The molecule has 1 atom stereocenters. The van der Waals surface area contributed by atoms with Crippen molar-refractivity contribution < 1.29 is 19.4 Å². The molecule has 0 radical (unpaired) electrons. The van der Waals surface area contributed by atoms with Crippen LogP contribution in [0.15, 0.2) is 48.7 Å². The Morgan fingerprint density at radius 1 is 1.11 bits per heavy atom. The highest BCUT2D eigenvalue weighted by atomic mass is 16.5. The number of aromatic nitrogens is 3. The first-order valence-electron chi connectivity index (χ1n) is 12.6. The van der Waals surface area contributed by atoms with Gasteiger partial charge >= 0.3 is 5.97 Å². The number of carbonyl (C=O) groups excluding carboxylic acids is 1. The molecular weight excluding hydrogens is 478 g/mol. The van der Waals surface area contributed by atoms with Gasteiger partial charge in [0.05, 0.1) is 19.4 Å². The molecule has 2 aromatic carbocycles. The van der Waals surface area contributed by atoms with E-state index in [-0.39, 0.29) is 30.0 Å². The third-order valence-corrected chi connectivity index (χ3v) is 6.41. The molecule has 0 bridgehead atoms. The van der Waals surface area contributed by atoms with Crippen molar-refractivity contribution in [3.63, 3.8) is 0 Å². The summed E-state index contributed by atoms with van der Waals surface area (Å²) >= 11 is 0. The minimum Gasteiger partial charge on any atom is -0.508 e. The van der Waals surface area contributed by atoms with Crippen LogP contribution < -0.4 is 4.74 Å². The van der Waals surface area contributed by atoms with Gasteiger partial charge in [-0.15, -0.1) is 5.92 Å². The fraction of sp³-hybridized carbons (Fsp3) is 0.323. The van der Waals surface area contributed by atoms with E-state index < -0.39 is 0 Å². The Kier molecular flexibility index (Phi) is 8.02. The summed E-state index contributed by atoms with van der Waals surface area (Å²) in [6.07, 6.45) is 2.15. The monoisotopic (exact) mass is 511 g/mol. The van der Waals surface area contributed by atoms with Crippen molar-refractivity contribution >= 4 is 11.6 Å². The lowest BCUT2D eigenvalue weighted by atomic mass is 9.95. The molecule has 0 saturated carbocycles. The summed E-state index contributed by atoms with van der Waals surface area (Å²) < 4.78 is 12.8. The van der Waals surface area contributed by atoms with E-state index in [1.54, 1.807) is 19.1 Å². The van der Waals surface area contributed by atoms with Crippen molar-refractivity contribution in [1.29, 1.82) is 0 Å². The maximum atomic E-state index is 11.8. The van der Waals surface area contributed by atoms with Gasteiger partial charge in [-0.3, -0.25) is 4.79 Å². The Bertz CT molecular complexity index is 1500. The Balaban J connectivity index is 1.64. The second-order valence-electron chi connectivity index (χ2n) is 9.69. The topological polar surface area (TPSA) is 86.0 Å². The highest BCUT2D eigenvalue weighted by Gasteiger charge is 2.18. The molecule has 0 spiro atoms. The van der Waals surface area contributed by atoms with Gasteiger partial charge in [-0.25, -0.2) is 9.50 Å². The zero-order valence-electron chi connectivity index (χ0n) is 22.7. The van der Waals surface area contributed by atoms with E-state index >= 15 is 0 Å². The molecule has 0 aliphatic carbocycles. The zero-order valence-corrected chi connectivity index (χ0v) is 22.7. The molecule has 1 N–H and O–H groups in total. The molecule has 0 aliphatic rings. The van der Waals surface area contributed by atoms with E-state index in [0.717, 1.165) is 44.9 Å². The first kappa shape index (κ1) is 26.7. The predicted molar refractivity (Wildman–Crippen MR) is 147 cm³/mol. The quantitative estimate of drug-likeness (QED) is 0.228. The van der Waals surface area contributed by atoms with Crippen LogP contribution in [0.25, 0.3) is 16.8 Å². The molecule has 38 heavy (non-hydrogen) atoms. The second kappa shape index (κ2) is 11.4. The van der Waals surface area contributed by atoms with Crippen LogP contribution in [0.5, 0.6) is 11.5 Å². The number of aromatic hydroxyl groups is 1. The number of aryl methyl sites for hydroxylation is 2. The predicted octanol–water partition coefficient (Wildman–Crippen LogP) is 6.09. The number of ether oxygens (including phenoxy) is 2. The normalized spacial score (nSPS) is 11.8. The number of phenols is 1. The van der Waals surface area contributed by atoms with Crippen molar-refractivity contribution in [3.05, 3.63) is 76.7 Å². The fourth-order valence-corrected chi connectivity index (χ4v) is 4.57. The summed E-state index contributed by atoms with van der Waals surface area (Å²) in [4.78, 5) is 16.6. The fourth-order valence-electron chi connectivity index (χ4n) is 4.57. The zero-order chi connectivity index (χ0) is 27.4. The van der Waals surface area contributed by atoms with Gasteiger partial charge < -0.3 is 14.6 Å². The van der Waals surface area contributed by atoms with Gasteiger partial charge in [0.1, 0.15) is 18.1 Å². The first-order valence-corrected chi connectivity index (χ1v) is 12.6. The molecule has 2 aromatic heterocycles. The Hall–Kier alpha value is -4.31. The number of hydrogen-bond donors (Lipinski definition) is 1. The highest BCUT2D eigenvalue weighted by Crippen LogP contribution is 2.34. The SMILES string of the molecule is CC#CC(CC(=O)OC)c1ccc(OCc2cc(-c3c(C)cc(O)cc3C)c3nc(C(C)C)nn3c2)cc1. The van der Waals surface area contributed by atoms with Crippen LogP contribution >= 0.6 is 0 Å². The number of phenolic OH excluding ortho intramolecular Hbond substituents is 1. The van der Waals surface area contributed by atoms with Gasteiger partial charge in [0, 0.05) is 23.2 Å². The van der Waals surface area contributed by atoms with Crippen molar-refractivity contribution in [2.24, 2.45) is 0 Å². The molecule has 0 saturated heterocycles. The van der Waals surface area contributed by atoms with Gasteiger partial charge in [0.15, 0.2) is 11.5 Å². The van der Waals surface area contributed by atoms with Crippen LogP contribution in [0.3, 0.4) is 0 Å². The van der Waals surface area contributed by atoms with Crippen LogP contribution in [0.4, 0.5) is 0 Å². The Labute approximate surface area is 223 Å². The minimum absolute atomic E-state index is 0.184. The largest absolute Gasteiger partial charge is 0.508 e. The minimum atomic E-state index is -0.294. The maximum absolute atomic E-state index is 11.8. The summed E-state index contributed by atoms with van der Waals surface area (Å²) in [5.41, 5.74) is 6.53. The third kappa shape index (κ3) is 5.81. The van der Waals surface area contributed by atoms with Crippen LogP contribution in [-0.2, 0) is 16.1 Å². The Morgan fingerprint density at radius 3 is 2.39 bits per heavy atom. The molecule has 1 unspecified atom stereocenters. The summed E-state index contributed by atoms with van der Waals surface area (Å²) in [5, 5.41) is 14.8. The molecule has 196 valence electrons. The van der Waals surface area contributed by atoms with Gasteiger partial charge in [-0.2, -0.15) is 5.10 Å². The van der Waals surface area contributed by atoms with Gasteiger partial charge in [0.25, 0.3) is 0 Å². The Morgan fingerprint density at radius 2 is 1.79 bits per heavy atom. The number of benzene rings is 2. The van der Waals surface area contributed by atoms with Crippen LogP contribution in [0, 0.1) is 25.7 Å². The maximum Gasteiger partial charge on any atom is 0.307 e. The molecule has 2 heterocycles. The van der Waals surface area contributed by atoms with Crippen LogP contribution in [0.1, 0.15) is 67.1 Å². The van der Waals surface area contributed by atoms with Crippen molar-refractivity contribution in [2.45, 2.75) is 59.5 Å². The average molecular weight is 512 g/mol. The number of rotatable bonds is 8. The molecule has 0 amide bonds. The third-order valence-electron chi connectivity index (χ3n) is 6.41. The van der Waals surface area contributed by atoms with Crippen molar-refractivity contribution in [2.75, 3.05) is 7.11 Å². The number of esters is 1. The molecule has 7 nitrogen and oxygen atoms in total. The van der Waals surface area contributed by atoms with Crippen LogP contribution in [-0.4, -0.2) is 32.8 Å². The van der Waals surface area contributed by atoms with E-state index in [4.69, 9.17) is 19.6 Å². The van der Waals surface area contributed by atoms with E-state index in [0.29, 0.717) is 12.4 Å². The summed E-state index contributed by atoms with van der Waals surface area (Å²) in [7, 11) is 1.38. The highest BCUT2D eigenvalue weighted by molar-refractivity contribution is 5.82. The molecule has 7 heteroatoms. The van der Waals surface area contributed by atoms with E-state index in [9.17, 15) is 9.90 Å². The van der Waals surface area contributed by atoms with E-state index in [1.165, 1.54) is 7.11 Å². The molecule has 0 fully saturated rings. The molecule has 4 rings (SSSR count). The molecular formula is C31H33N3O4. The number of nitrogens with zero attached hydrogens (tertiary/aromatic N) is 3. The standard InChI is InChI=1S/C31H33N3O4/c1-7-8-24(16-28(36)37-6)23-9-11-26(12-10-23)38-18-22-15-27(29-20(4)13-25(35)14-21(29)5)31-32-30(19(2)3)33-34(31)17-22/h9-15,17,19,24,35H,16,18H2,1-6H3. The number of fused-ring (bicyclic) bond motifs is 1. The summed E-state index contributed by atoms with van der Waals surface area (Å²) in [6, 6.07) is 13.2. The first-order chi connectivity index (χ1) is 18.2. The van der Waals surface area contributed by atoms with E-state index in [1.807, 2.05) is 48.8 Å². The van der Waals surface area contributed by atoms with Gasteiger partial charge in [0.2, 0.25) is 0 Å². The summed E-state index contributed by atoms with van der Waals surface area (Å²) in [6.45, 7) is 10.2.